The van der Waals surface area contributed by atoms with E-state index in [0.717, 1.165) is 11.8 Å². The van der Waals surface area contributed by atoms with Gasteiger partial charge in [0.05, 0.1) is 0 Å². The van der Waals surface area contributed by atoms with E-state index in [9.17, 15) is 9.59 Å². The Labute approximate surface area is 126 Å². The van der Waals surface area contributed by atoms with Crippen molar-refractivity contribution in [3.63, 3.8) is 0 Å². The molecule has 1 atom stereocenters. The van der Waals surface area contributed by atoms with Gasteiger partial charge >= 0.3 is 6.09 Å². The monoisotopic (exact) mass is 289 g/mol. The van der Waals surface area contributed by atoms with E-state index in [1.165, 1.54) is 23.3 Å². The lowest BCUT2D eigenvalue weighted by atomic mass is 10.0. The molecule has 114 valence electrons. The molecule has 0 spiro atoms. The van der Waals surface area contributed by atoms with Crippen LogP contribution in [-0.4, -0.2) is 29.9 Å². The van der Waals surface area contributed by atoms with Gasteiger partial charge in [0.2, 0.25) is 0 Å². The molecule has 1 aromatic rings. The highest BCUT2D eigenvalue weighted by molar-refractivity contribution is 5.74. The Bertz CT molecular complexity index is 529. The summed E-state index contributed by atoms with van der Waals surface area (Å²) in [4.78, 5) is 24.9. The summed E-state index contributed by atoms with van der Waals surface area (Å²) < 4.78 is 5.32. The van der Waals surface area contributed by atoms with Crippen molar-refractivity contribution >= 4 is 12.4 Å². The predicted molar refractivity (Wildman–Crippen MR) is 81.2 cm³/mol. The number of nitrogens with zero attached hydrogens (tertiary/aromatic N) is 1. The standard InChI is InChI=1S/C17H23NO3/c1-17(2,3)21-16(20)18(4)15(11-19)14-7-5-6-13(10-14)12-8-9-12/h5-7,10-12,15H,8-9H2,1-4H3. The SMILES string of the molecule is CN(C(=O)OC(C)(C)C)C(C=O)c1cccc(C2CC2)c1. The number of rotatable bonds is 4. The minimum absolute atomic E-state index is 0.489. The van der Waals surface area contributed by atoms with Gasteiger partial charge in [-0.1, -0.05) is 24.3 Å². The summed E-state index contributed by atoms with van der Waals surface area (Å²) in [6.45, 7) is 5.42. The van der Waals surface area contributed by atoms with E-state index in [2.05, 4.69) is 6.07 Å². The molecule has 1 amide bonds. The van der Waals surface area contributed by atoms with Gasteiger partial charge in [-0.25, -0.2) is 4.79 Å². The zero-order valence-electron chi connectivity index (χ0n) is 13.1. The highest BCUT2D eigenvalue weighted by atomic mass is 16.6. The van der Waals surface area contributed by atoms with E-state index in [0.29, 0.717) is 5.92 Å². The summed E-state index contributed by atoms with van der Waals surface area (Å²) in [5, 5.41) is 0. The number of carbonyl (C=O) groups is 2. The highest BCUT2D eigenvalue weighted by Crippen LogP contribution is 2.40. The van der Waals surface area contributed by atoms with Crippen molar-refractivity contribution in [3.05, 3.63) is 35.4 Å². The normalized spacial score (nSPS) is 16.2. The number of benzene rings is 1. The second-order valence-electron chi connectivity index (χ2n) is 6.62. The first-order chi connectivity index (χ1) is 9.81. The third-order valence-electron chi connectivity index (χ3n) is 3.53. The van der Waals surface area contributed by atoms with Crippen molar-refractivity contribution < 1.29 is 14.3 Å². The minimum Gasteiger partial charge on any atom is -0.444 e. The molecule has 1 aliphatic carbocycles. The van der Waals surface area contributed by atoms with Gasteiger partial charge in [-0.15, -0.1) is 0 Å². The number of amides is 1. The van der Waals surface area contributed by atoms with Crippen LogP contribution in [0.4, 0.5) is 4.79 Å². The topological polar surface area (TPSA) is 46.6 Å². The number of hydrogen-bond donors (Lipinski definition) is 0. The maximum Gasteiger partial charge on any atom is 0.410 e. The van der Waals surface area contributed by atoms with Gasteiger partial charge in [-0.3, -0.25) is 4.90 Å². The second kappa shape index (κ2) is 5.88. The van der Waals surface area contributed by atoms with Crippen LogP contribution in [0.5, 0.6) is 0 Å². The maximum absolute atomic E-state index is 12.1. The Morgan fingerprint density at radius 3 is 2.57 bits per heavy atom. The third-order valence-corrected chi connectivity index (χ3v) is 3.53. The molecule has 0 N–H and O–H groups in total. The van der Waals surface area contributed by atoms with E-state index in [1.54, 1.807) is 7.05 Å². The fourth-order valence-corrected chi connectivity index (χ4v) is 2.25. The molecular formula is C17H23NO3. The van der Waals surface area contributed by atoms with Crippen LogP contribution >= 0.6 is 0 Å². The molecule has 0 aliphatic heterocycles. The average Bonchev–Trinajstić information content (AvgIpc) is 3.22. The van der Waals surface area contributed by atoms with E-state index >= 15 is 0 Å². The van der Waals surface area contributed by atoms with Crippen LogP contribution in [0.25, 0.3) is 0 Å². The van der Waals surface area contributed by atoms with Crippen LogP contribution in [0.15, 0.2) is 24.3 Å². The van der Waals surface area contributed by atoms with Crippen molar-refractivity contribution in [3.8, 4) is 0 Å². The number of ether oxygens (including phenoxy) is 1. The molecule has 4 heteroatoms. The summed E-state index contributed by atoms with van der Waals surface area (Å²) in [6, 6.07) is 7.32. The first-order valence-corrected chi connectivity index (χ1v) is 7.33. The Hall–Kier alpha value is -1.84. The lowest BCUT2D eigenvalue weighted by Gasteiger charge is -2.28. The third kappa shape index (κ3) is 4.06. The van der Waals surface area contributed by atoms with Gasteiger partial charge in [0, 0.05) is 7.05 Å². The highest BCUT2D eigenvalue weighted by Gasteiger charge is 2.28. The van der Waals surface area contributed by atoms with E-state index in [-0.39, 0.29) is 0 Å². The molecular weight excluding hydrogens is 266 g/mol. The van der Waals surface area contributed by atoms with Crippen molar-refractivity contribution in [2.45, 2.75) is 51.2 Å². The van der Waals surface area contributed by atoms with E-state index in [1.807, 2.05) is 39.0 Å². The van der Waals surface area contributed by atoms with Crippen LogP contribution in [0.3, 0.4) is 0 Å². The van der Waals surface area contributed by atoms with Crippen LogP contribution in [0.2, 0.25) is 0 Å². The Kier molecular flexibility index (Phi) is 4.35. The summed E-state index contributed by atoms with van der Waals surface area (Å²) in [5.41, 5.74) is 1.51. The number of likely N-dealkylation sites (N-methyl/N-ethyl adjacent to an activating group) is 1. The lowest BCUT2D eigenvalue weighted by molar-refractivity contribution is -0.112. The van der Waals surface area contributed by atoms with E-state index in [4.69, 9.17) is 4.74 Å². The molecule has 1 saturated carbocycles. The van der Waals surface area contributed by atoms with Crippen molar-refractivity contribution in [2.75, 3.05) is 7.05 Å². The largest absolute Gasteiger partial charge is 0.444 e. The second-order valence-corrected chi connectivity index (χ2v) is 6.62. The summed E-state index contributed by atoms with van der Waals surface area (Å²) >= 11 is 0. The summed E-state index contributed by atoms with van der Waals surface area (Å²) in [7, 11) is 1.59. The molecule has 0 saturated heterocycles. The lowest BCUT2D eigenvalue weighted by Crippen LogP contribution is -2.37. The smallest absolute Gasteiger partial charge is 0.410 e. The van der Waals surface area contributed by atoms with Gasteiger partial charge in [-0.2, -0.15) is 0 Å². The molecule has 0 aromatic heterocycles. The molecule has 4 nitrogen and oxygen atoms in total. The van der Waals surface area contributed by atoms with Gasteiger partial charge in [0.15, 0.2) is 0 Å². The van der Waals surface area contributed by atoms with E-state index < -0.39 is 17.7 Å². The van der Waals surface area contributed by atoms with Crippen LogP contribution in [0, 0.1) is 0 Å². The number of aldehydes is 1. The van der Waals surface area contributed by atoms with Crippen molar-refractivity contribution in [2.24, 2.45) is 0 Å². The fourth-order valence-electron chi connectivity index (χ4n) is 2.25. The first kappa shape index (κ1) is 15.5. The van der Waals surface area contributed by atoms with Crippen molar-refractivity contribution in [1.29, 1.82) is 0 Å². The predicted octanol–water partition coefficient (Wildman–Crippen LogP) is 3.67. The van der Waals surface area contributed by atoms with Gasteiger partial charge < -0.3 is 9.53 Å². The summed E-state index contributed by atoms with van der Waals surface area (Å²) in [5.74, 6) is 0.615. The van der Waals surface area contributed by atoms with Crippen LogP contribution < -0.4 is 0 Å². The zero-order chi connectivity index (χ0) is 15.6. The fraction of sp³-hybridized carbons (Fsp3) is 0.529. The van der Waals surface area contributed by atoms with Crippen LogP contribution in [0.1, 0.15) is 56.7 Å². The van der Waals surface area contributed by atoms with Gasteiger partial charge in [-0.05, 0) is 50.7 Å². The Morgan fingerprint density at radius 1 is 1.38 bits per heavy atom. The molecule has 1 aromatic carbocycles. The molecule has 1 aliphatic rings. The quantitative estimate of drug-likeness (QED) is 0.794. The number of hydrogen-bond acceptors (Lipinski definition) is 3. The Balaban J connectivity index is 2.16. The molecule has 0 heterocycles. The van der Waals surface area contributed by atoms with Crippen molar-refractivity contribution in [1.82, 2.24) is 4.90 Å². The molecule has 1 unspecified atom stereocenters. The van der Waals surface area contributed by atoms with Crippen LogP contribution in [-0.2, 0) is 9.53 Å². The first-order valence-electron chi connectivity index (χ1n) is 7.33. The summed E-state index contributed by atoms with van der Waals surface area (Å²) in [6.07, 6.45) is 2.71. The molecule has 0 radical (unpaired) electrons. The zero-order valence-corrected chi connectivity index (χ0v) is 13.1. The minimum atomic E-state index is -0.612. The number of carbonyl (C=O) groups excluding carboxylic acids is 2. The van der Waals surface area contributed by atoms with Gasteiger partial charge in [0.1, 0.15) is 17.9 Å². The molecule has 1 fully saturated rings. The molecule has 21 heavy (non-hydrogen) atoms. The average molecular weight is 289 g/mol. The Morgan fingerprint density at radius 2 is 2.05 bits per heavy atom. The molecule has 2 rings (SSSR count). The maximum atomic E-state index is 12.1. The molecule has 0 bridgehead atoms. The van der Waals surface area contributed by atoms with Gasteiger partial charge in [0.25, 0.3) is 0 Å².